The lowest BCUT2D eigenvalue weighted by molar-refractivity contribution is -0.140. The number of halogens is 1. The van der Waals surface area contributed by atoms with E-state index in [1.165, 1.54) is 18.2 Å². The van der Waals surface area contributed by atoms with Crippen molar-refractivity contribution in [2.75, 3.05) is 5.32 Å². The van der Waals surface area contributed by atoms with Gasteiger partial charge in [0.05, 0.1) is 12.0 Å². The molecule has 106 valence electrons. The summed E-state index contributed by atoms with van der Waals surface area (Å²) in [5.74, 6) is -1.83. The summed E-state index contributed by atoms with van der Waals surface area (Å²) < 4.78 is 12.9. The molecule has 0 bridgehead atoms. The minimum atomic E-state index is -0.902. The summed E-state index contributed by atoms with van der Waals surface area (Å²) in [4.78, 5) is 22.6. The average Bonchev–Trinajstić information content (AvgIpc) is 2.81. The lowest BCUT2D eigenvalue weighted by Crippen LogP contribution is -2.36. The third-order valence-corrected chi connectivity index (χ3v) is 3.15. The fourth-order valence-electron chi connectivity index (χ4n) is 2.08. The van der Waals surface area contributed by atoms with E-state index in [-0.39, 0.29) is 11.9 Å². The van der Waals surface area contributed by atoms with Crippen LogP contribution < -0.4 is 10.6 Å². The molecule has 0 fully saturated rings. The van der Waals surface area contributed by atoms with Gasteiger partial charge in [-0.25, -0.2) is 9.18 Å². The van der Waals surface area contributed by atoms with Crippen LogP contribution >= 0.6 is 0 Å². The fraction of sp³-hybridized carbons (Fsp3) is 0.286. The van der Waals surface area contributed by atoms with Gasteiger partial charge in [0.25, 0.3) is 0 Å². The Hall–Kier alpha value is -2.37. The first-order chi connectivity index (χ1) is 9.45. The van der Waals surface area contributed by atoms with Crippen molar-refractivity contribution in [1.29, 1.82) is 0 Å². The predicted octanol–water partition coefficient (Wildman–Crippen LogP) is 2.28. The summed E-state index contributed by atoms with van der Waals surface area (Å²) in [5, 5.41) is 14.1. The van der Waals surface area contributed by atoms with Crippen LogP contribution in [0.2, 0.25) is 0 Å². The van der Waals surface area contributed by atoms with Gasteiger partial charge in [-0.15, -0.1) is 0 Å². The van der Waals surface area contributed by atoms with E-state index in [9.17, 15) is 14.0 Å². The molecule has 2 rings (SSSR count). The Kier molecular flexibility index (Phi) is 4.02. The second-order valence-electron chi connectivity index (χ2n) is 4.73. The van der Waals surface area contributed by atoms with E-state index in [0.29, 0.717) is 17.7 Å². The summed E-state index contributed by atoms with van der Waals surface area (Å²) >= 11 is 0. The Morgan fingerprint density at radius 1 is 1.35 bits per heavy atom. The molecule has 3 N–H and O–H groups in total. The van der Waals surface area contributed by atoms with E-state index in [4.69, 9.17) is 5.11 Å². The topological polar surface area (TPSA) is 78.4 Å². The zero-order valence-corrected chi connectivity index (χ0v) is 10.9. The van der Waals surface area contributed by atoms with Gasteiger partial charge in [0.1, 0.15) is 5.82 Å². The number of hydrogen-bond acceptors (Lipinski definition) is 2. The van der Waals surface area contributed by atoms with Crippen molar-refractivity contribution in [3.05, 3.63) is 41.7 Å². The van der Waals surface area contributed by atoms with Crippen molar-refractivity contribution >= 4 is 17.7 Å². The SMILES string of the molecule is Cc1cc(F)ccc1NC(=O)NC1C=CC(C(=O)O)C1. The number of anilines is 1. The molecule has 1 aliphatic rings. The molecule has 1 aliphatic carbocycles. The number of carbonyl (C=O) groups excluding carboxylic acids is 1. The predicted molar refractivity (Wildman–Crippen MR) is 72.0 cm³/mol. The second-order valence-corrected chi connectivity index (χ2v) is 4.73. The first kappa shape index (κ1) is 14.0. The Morgan fingerprint density at radius 3 is 2.70 bits per heavy atom. The molecule has 1 aromatic carbocycles. The van der Waals surface area contributed by atoms with Gasteiger partial charge in [-0.1, -0.05) is 12.2 Å². The number of aryl methyl sites for hydroxylation is 1. The molecule has 20 heavy (non-hydrogen) atoms. The first-order valence-corrected chi connectivity index (χ1v) is 6.20. The Balaban J connectivity index is 1.90. The standard InChI is InChI=1S/C14H15FN2O3/c1-8-6-10(15)3-5-12(8)17-14(20)16-11-4-2-9(7-11)13(18)19/h2-6,9,11H,7H2,1H3,(H,18,19)(H2,16,17,20). The highest BCUT2D eigenvalue weighted by molar-refractivity contribution is 5.90. The average molecular weight is 278 g/mol. The summed E-state index contributed by atoms with van der Waals surface area (Å²) in [5.41, 5.74) is 1.13. The number of benzene rings is 1. The molecular weight excluding hydrogens is 263 g/mol. The summed E-state index contributed by atoms with van der Waals surface area (Å²) in [6.07, 6.45) is 3.57. The number of carboxylic acid groups (broad SMARTS) is 1. The molecule has 0 heterocycles. The number of aliphatic carboxylic acids is 1. The van der Waals surface area contributed by atoms with Gasteiger partial charge >= 0.3 is 12.0 Å². The van der Waals surface area contributed by atoms with Crippen molar-refractivity contribution in [2.45, 2.75) is 19.4 Å². The molecule has 0 spiro atoms. The molecule has 2 amide bonds. The number of hydrogen-bond donors (Lipinski definition) is 3. The highest BCUT2D eigenvalue weighted by Gasteiger charge is 2.25. The quantitative estimate of drug-likeness (QED) is 0.742. The van der Waals surface area contributed by atoms with Gasteiger partial charge in [-0.2, -0.15) is 0 Å². The lowest BCUT2D eigenvalue weighted by Gasteiger charge is -2.14. The molecule has 0 radical (unpaired) electrons. The van der Waals surface area contributed by atoms with Crippen LogP contribution in [0, 0.1) is 18.7 Å². The molecular formula is C14H15FN2O3. The van der Waals surface area contributed by atoms with Crippen molar-refractivity contribution < 1.29 is 19.1 Å². The number of carboxylic acids is 1. The molecule has 0 saturated heterocycles. The zero-order chi connectivity index (χ0) is 14.7. The maximum absolute atomic E-state index is 12.9. The smallest absolute Gasteiger partial charge is 0.319 e. The van der Waals surface area contributed by atoms with Crippen LogP contribution in [0.5, 0.6) is 0 Å². The monoisotopic (exact) mass is 278 g/mol. The highest BCUT2D eigenvalue weighted by Crippen LogP contribution is 2.19. The third kappa shape index (κ3) is 3.34. The van der Waals surface area contributed by atoms with Crippen LogP contribution in [-0.4, -0.2) is 23.1 Å². The van der Waals surface area contributed by atoms with Crippen molar-refractivity contribution in [3.63, 3.8) is 0 Å². The van der Waals surface area contributed by atoms with Gasteiger partial charge in [0.2, 0.25) is 0 Å². The van der Waals surface area contributed by atoms with Crippen LogP contribution in [0.15, 0.2) is 30.4 Å². The molecule has 1 aromatic rings. The van der Waals surface area contributed by atoms with E-state index >= 15 is 0 Å². The number of urea groups is 1. The number of carbonyl (C=O) groups is 2. The fourth-order valence-corrected chi connectivity index (χ4v) is 2.08. The highest BCUT2D eigenvalue weighted by atomic mass is 19.1. The largest absolute Gasteiger partial charge is 0.481 e. The molecule has 2 atom stereocenters. The van der Waals surface area contributed by atoms with E-state index in [0.717, 1.165) is 0 Å². The first-order valence-electron chi connectivity index (χ1n) is 6.20. The summed E-state index contributed by atoms with van der Waals surface area (Å²) in [7, 11) is 0. The lowest BCUT2D eigenvalue weighted by atomic mass is 10.1. The summed E-state index contributed by atoms with van der Waals surface area (Å²) in [6, 6.07) is 3.32. The Morgan fingerprint density at radius 2 is 2.10 bits per heavy atom. The van der Waals surface area contributed by atoms with E-state index < -0.39 is 17.9 Å². The van der Waals surface area contributed by atoms with Gasteiger partial charge in [-0.3, -0.25) is 4.79 Å². The van der Waals surface area contributed by atoms with E-state index in [2.05, 4.69) is 10.6 Å². The Labute approximate surface area is 115 Å². The molecule has 0 saturated carbocycles. The molecule has 0 aromatic heterocycles. The summed E-state index contributed by atoms with van der Waals surface area (Å²) in [6.45, 7) is 1.69. The zero-order valence-electron chi connectivity index (χ0n) is 10.9. The van der Waals surface area contributed by atoms with Gasteiger partial charge in [-0.05, 0) is 37.1 Å². The van der Waals surface area contributed by atoms with Crippen LogP contribution in [0.25, 0.3) is 0 Å². The number of nitrogens with one attached hydrogen (secondary N) is 2. The molecule has 6 heteroatoms. The maximum atomic E-state index is 12.9. The second kappa shape index (κ2) is 5.73. The number of amides is 2. The van der Waals surface area contributed by atoms with Crippen LogP contribution in [0.4, 0.5) is 14.9 Å². The van der Waals surface area contributed by atoms with Crippen molar-refractivity contribution in [1.82, 2.24) is 5.32 Å². The van der Waals surface area contributed by atoms with Crippen molar-refractivity contribution in [2.24, 2.45) is 5.92 Å². The molecule has 0 aliphatic heterocycles. The van der Waals surface area contributed by atoms with Gasteiger partial charge in [0, 0.05) is 5.69 Å². The van der Waals surface area contributed by atoms with E-state index in [1.807, 2.05) is 0 Å². The van der Waals surface area contributed by atoms with Crippen LogP contribution in [0.1, 0.15) is 12.0 Å². The minimum Gasteiger partial charge on any atom is -0.481 e. The van der Waals surface area contributed by atoms with Gasteiger partial charge in [0.15, 0.2) is 0 Å². The molecule has 2 unspecified atom stereocenters. The normalized spacial score (nSPS) is 20.7. The number of rotatable bonds is 3. The maximum Gasteiger partial charge on any atom is 0.319 e. The Bertz CT molecular complexity index is 572. The van der Waals surface area contributed by atoms with Gasteiger partial charge < -0.3 is 15.7 Å². The van der Waals surface area contributed by atoms with E-state index in [1.54, 1.807) is 19.1 Å². The van der Waals surface area contributed by atoms with Crippen LogP contribution in [0.3, 0.4) is 0 Å². The molecule has 5 nitrogen and oxygen atoms in total. The van der Waals surface area contributed by atoms with Crippen molar-refractivity contribution in [3.8, 4) is 0 Å². The third-order valence-electron chi connectivity index (χ3n) is 3.15. The van der Waals surface area contributed by atoms with Crippen LogP contribution in [-0.2, 0) is 4.79 Å². The minimum absolute atomic E-state index is 0.308.